The van der Waals surface area contributed by atoms with Crippen LogP contribution in [-0.4, -0.2) is 28.6 Å². The van der Waals surface area contributed by atoms with Crippen LogP contribution in [0.15, 0.2) is 12.1 Å². The van der Waals surface area contributed by atoms with E-state index in [9.17, 15) is 4.79 Å². The van der Waals surface area contributed by atoms with Gasteiger partial charge in [0.05, 0.1) is 6.54 Å². The highest BCUT2D eigenvalue weighted by Crippen LogP contribution is 2.29. The smallest absolute Gasteiger partial charge is 0.317 e. The molecule has 0 saturated carbocycles. The summed E-state index contributed by atoms with van der Waals surface area (Å²) in [5.41, 5.74) is 0. The van der Waals surface area contributed by atoms with E-state index in [1.807, 2.05) is 0 Å². The van der Waals surface area contributed by atoms with Crippen LogP contribution >= 0.6 is 11.3 Å². The maximum atomic E-state index is 11.0. The molecule has 1 heterocycles. The third kappa shape index (κ3) is 3.82. The number of hydrogen-bond acceptors (Lipinski definition) is 3. The molecule has 0 saturated heterocycles. The molecule has 2 unspecified atom stereocenters. The number of aryl methyl sites for hydroxylation is 1. The van der Waals surface area contributed by atoms with Crippen LogP contribution in [-0.2, 0) is 11.2 Å². The lowest BCUT2D eigenvalue weighted by atomic mass is 10.1. The highest BCUT2D eigenvalue weighted by Gasteiger charge is 2.23. The molecular weight excluding hydrogens is 246 g/mol. The molecular formula is C14H23NO2S. The van der Waals surface area contributed by atoms with E-state index in [0.717, 1.165) is 12.8 Å². The van der Waals surface area contributed by atoms with Gasteiger partial charge in [0, 0.05) is 21.8 Å². The van der Waals surface area contributed by atoms with Crippen molar-refractivity contribution in [3.05, 3.63) is 21.9 Å². The Hall–Kier alpha value is -0.870. The number of carbonyl (C=O) groups is 1. The van der Waals surface area contributed by atoms with Gasteiger partial charge in [-0.1, -0.05) is 13.8 Å². The predicted octanol–water partition coefficient (Wildman–Crippen LogP) is 3.56. The molecule has 1 rings (SSSR count). The Labute approximate surface area is 113 Å². The SMILES string of the molecule is CCc1ccc(C(C)N(CC(=O)O)C(C)CC)s1. The molecule has 1 aromatic heterocycles. The van der Waals surface area contributed by atoms with Gasteiger partial charge >= 0.3 is 5.97 Å². The second kappa shape index (κ2) is 6.90. The molecule has 1 N–H and O–H groups in total. The number of hydrogen-bond donors (Lipinski definition) is 1. The van der Waals surface area contributed by atoms with E-state index in [1.54, 1.807) is 11.3 Å². The Morgan fingerprint density at radius 1 is 1.39 bits per heavy atom. The monoisotopic (exact) mass is 269 g/mol. The summed E-state index contributed by atoms with van der Waals surface area (Å²) in [4.78, 5) is 15.7. The Morgan fingerprint density at radius 3 is 2.50 bits per heavy atom. The third-order valence-corrected chi connectivity index (χ3v) is 4.81. The van der Waals surface area contributed by atoms with Crippen molar-refractivity contribution in [2.75, 3.05) is 6.54 Å². The maximum Gasteiger partial charge on any atom is 0.317 e. The van der Waals surface area contributed by atoms with E-state index in [1.165, 1.54) is 9.75 Å². The number of nitrogens with zero attached hydrogens (tertiary/aromatic N) is 1. The van der Waals surface area contributed by atoms with Crippen molar-refractivity contribution >= 4 is 17.3 Å². The van der Waals surface area contributed by atoms with Crippen molar-refractivity contribution in [1.29, 1.82) is 0 Å². The van der Waals surface area contributed by atoms with Crippen LogP contribution in [0.1, 0.15) is 49.9 Å². The van der Waals surface area contributed by atoms with Crippen LogP contribution in [0.25, 0.3) is 0 Å². The fourth-order valence-corrected chi connectivity index (χ4v) is 3.06. The Morgan fingerprint density at radius 2 is 2.06 bits per heavy atom. The molecule has 0 aliphatic carbocycles. The van der Waals surface area contributed by atoms with Gasteiger partial charge in [-0.05, 0) is 38.8 Å². The van der Waals surface area contributed by atoms with Gasteiger partial charge in [0.15, 0.2) is 0 Å². The van der Waals surface area contributed by atoms with Gasteiger partial charge in [-0.25, -0.2) is 0 Å². The first kappa shape index (κ1) is 15.2. The fraction of sp³-hybridized carbons (Fsp3) is 0.643. The van der Waals surface area contributed by atoms with Crippen LogP contribution < -0.4 is 0 Å². The molecule has 0 aliphatic rings. The molecule has 0 fully saturated rings. The molecule has 0 bridgehead atoms. The summed E-state index contributed by atoms with van der Waals surface area (Å²) in [5, 5.41) is 9.04. The summed E-state index contributed by atoms with van der Waals surface area (Å²) in [6.45, 7) is 8.53. The average Bonchev–Trinajstić information content (AvgIpc) is 2.82. The van der Waals surface area contributed by atoms with Crippen LogP contribution in [0.4, 0.5) is 0 Å². The third-order valence-electron chi connectivity index (χ3n) is 3.41. The first-order chi connectivity index (χ1) is 8.49. The number of rotatable bonds is 7. The summed E-state index contributed by atoms with van der Waals surface area (Å²) < 4.78 is 0. The van der Waals surface area contributed by atoms with Gasteiger partial charge < -0.3 is 5.11 Å². The van der Waals surface area contributed by atoms with Gasteiger partial charge in [-0.15, -0.1) is 11.3 Å². The van der Waals surface area contributed by atoms with Crippen LogP contribution in [0.2, 0.25) is 0 Å². The molecule has 18 heavy (non-hydrogen) atoms. The molecule has 4 heteroatoms. The Kier molecular flexibility index (Phi) is 5.82. The summed E-state index contributed by atoms with van der Waals surface area (Å²) in [6.07, 6.45) is 2.00. The van der Waals surface area contributed by atoms with Crippen molar-refractivity contribution in [1.82, 2.24) is 4.90 Å². The van der Waals surface area contributed by atoms with E-state index in [2.05, 4.69) is 44.7 Å². The lowest BCUT2D eigenvalue weighted by Gasteiger charge is -2.32. The molecule has 2 atom stereocenters. The fourth-order valence-electron chi connectivity index (χ4n) is 2.04. The van der Waals surface area contributed by atoms with Gasteiger partial charge in [0.1, 0.15) is 0 Å². The molecule has 0 amide bonds. The van der Waals surface area contributed by atoms with Crippen molar-refractivity contribution in [2.24, 2.45) is 0 Å². The average molecular weight is 269 g/mol. The van der Waals surface area contributed by atoms with E-state index in [-0.39, 0.29) is 18.6 Å². The van der Waals surface area contributed by atoms with E-state index >= 15 is 0 Å². The largest absolute Gasteiger partial charge is 0.480 e. The molecule has 0 radical (unpaired) electrons. The number of aliphatic carboxylic acids is 1. The zero-order valence-electron chi connectivity index (χ0n) is 11.6. The van der Waals surface area contributed by atoms with Gasteiger partial charge in [0.25, 0.3) is 0 Å². The highest BCUT2D eigenvalue weighted by atomic mass is 32.1. The number of thiophene rings is 1. The van der Waals surface area contributed by atoms with Crippen LogP contribution in [0.5, 0.6) is 0 Å². The van der Waals surface area contributed by atoms with Gasteiger partial charge in [0.2, 0.25) is 0 Å². The first-order valence-electron chi connectivity index (χ1n) is 6.55. The van der Waals surface area contributed by atoms with E-state index in [0.29, 0.717) is 0 Å². The minimum absolute atomic E-state index is 0.107. The normalized spacial score (nSPS) is 14.7. The van der Waals surface area contributed by atoms with E-state index in [4.69, 9.17) is 5.11 Å². The zero-order valence-corrected chi connectivity index (χ0v) is 12.5. The number of carboxylic acids is 1. The summed E-state index contributed by atoms with van der Waals surface area (Å²) in [5.74, 6) is -0.755. The number of carboxylic acid groups (broad SMARTS) is 1. The second-order valence-electron chi connectivity index (χ2n) is 4.66. The van der Waals surface area contributed by atoms with Crippen molar-refractivity contribution < 1.29 is 9.90 Å². The van der Waals surface area contributed by atoms with Crippen LogP contribution in [0.3, 0.4) is 0 Å². The van der Waals surface area contributed by atoms with Gasteiger partial charge in [-0.2, -0.15) is 0 Å². The zero-order chi connectivity index (χ0) is 13.7. The Bertz CT molecular complexity index is 389. The summed E-state index contributed by atoms with van der Waals surface area (Å²) >= 11 is 1.79. The van der Waals surface area contributed by atoms with Crippen molar-refractivity contribution in [3.63, 3.8) is 0 Å². The molecule has 102 valence electrons. The Balaban J connectivity index is 2.86. The lowest BCUT2D eigenvalue weighted by molar-refractivity contribution is -0.139. The molecule has 3 nitrogen and oxygen atoms in total. The van der Waals surface area contributed by atoms with Crippen LogP contribution in [0, 0.1) is 0 Å². The molecule has 1 aromatic rings. The van der Waals surface area contributed by atoms with E-state index < -0.39 is 5.97 Å². The van der Waals surface area contributed by atoms with Crippen molar-refractivity contribution in [3.8, 4) is 0 Å². The quantitative estimate of drug-likeness (QED) is 0.823. The predicted molar refractivity (Wildman–Crippen MR) is 76.2 cm³/mol. The van der Waals surface area contributed by atoms with Gasteiger partial charge in [-0.3, -0.25) is 9.69 Å². The summed E-state index contributed by atoms with van der Waals surface area (Å²) in [7, 11) is 0. The molecule has 0 spiro atoms. The summed E-state index contributed by atoms with van der Waals surface area (Å²) in [6, 6.07) is 4.72. The highest BCUT2D eigenvalue weighted by molar-refractivity contribution is 7.12. The standard InChI is InChI=1S/C14H23NO2S/c1-5-10(3)15(9-14(16)17)11(4)13-8-7-12(6-2)18-13/h7-8,10-11H,5-6,9H2,1-4H3,(H,16,17). The molecule has 0 aromatic carbocycles. The first-order valence-corrected chi connectivity index (χ1v) is 7.37. The topological polar surface area (TPSA) is 40.5 Å². The van der Waals surface area contributed by atoms with Crippen molar-refractivity contribution in [2.45, 2.75) is 52.6 Å². The lowest BCUT2D eigenvalue weighted by Crippen LogP contribution is -2.38. The molecule has 0 aliphatic heterocycles. The minimum Gasteiger partial charge on any atom is -0.480 e. The maximum absolute atomic E-state index is 11.0. The second-order valence-corrected chi connectivity index (χ2v) is 5.86. The minimum atomic E-state index is -0.755.